The van der Waals surface area contributed by atoms with E-state index in [1.807, 2.05) is 0 Å². The van der Waals surface area contributed by atoms with Crippen LogP contribution in [0.3, 0.4) is 0 Å². The van der Waals surface area contributed by atoms with Crippen LogP contribution in [0, 0.1) is 0 Å². The summed E-state index contributed by atoms with van der Waals surface area (Å²) in [6, 6.07) is 0. The summed E-state index contributed by atoms with van der Waals surface area (Å²) in [5.74, 6) is -0.863. The summed E-state index contributed by atoms with van der Waals surface area (Å²) in [5, 5.41) is 2.07. The van der Waals surface area contributed by atoms with Crippen LogP contribution in [0.1, 0.15) is 23.5 Å². The Bertz CT molecular complexity index is 351. The normalized spacial score (nSPS) is 10.4. The number of halogens is 3. The molecule has 0 saturated carbocycles. The number of nitrogens with one attached hydrogen (secondary N) is 1. The molecular weight excluding hydrogens is 211 g/mol. The van der Waals surface area contributed by atoms with Gasteiger partial charge in [-0.3, -0.25) is 4.79 Å². The Labute approximate surface area is 84.5 Å². The van der Waals surface area contributed by atoms with Crippen molar-refractivity contribution < 1.29 is 18.0 Å². The minimum atomic E-state index is -4.65. The zero-order valence-electron chi connectivity index (χ0n) is 7.09. The number of hydrogen-bond acceptors (Lipinski definition) is 3. The molecule has 84 valence electrons. The Balaban J connectivity index is 0.00000196. The van der Waals surface area contributed by atoms with E-state index in [0.29, 0.717) is 0 Å². The Morgan fingerprint density at radius 2 is 2.07 bits per heavy atom. The standard InChI is InChI=1S/C7H6F3N3O.CH4/c1-11-6(14)4-2-12-3-13-5(4)7(8,9)10;/h2-3H,1H3,(H,11,14);1H4. The number of nitrogens with zero attached hydrogens (tertiary/aromatic N) is 2. The summed E-state index contributed by atoms with van der Waals surface area (Å²) in [7, 11) is 1.23. The van der Waals surface area contributed by atoms with Crippen molar-refractivity contribution in [2.45, 2.75) is 13.6 Å². The Kier molecular flexibility index (Phi) is 4.20. The lowest BCUT2D eigenvalue weighted by Crippen LogP contribution is -2.23. The maximum Gasteiger partial charge on any atom is 0.434 e. The van der Waals surface area contributed by atoms with Gasteiger partial charge in [0.25, 0.3) is 5.91 Å². The molecule has 0 aliphatic carbocycles. The van der Waals surface area contributed by atoms with Crippen molar-refractivity contribution in [2.24, 2.45) is 0 Å². The lowest BCUT2D eigenvalue weighted by atomic mass is 10.2. The van der Waals surface area contributed by atoms with Crippen LogP contribution in [0.15, 0.2) is 12.5 Å². The summed E-state index contributed by atoms with van der Waals surface area (Å²) < 4.78 is 36.8. The zero-order chi connectivity index (χ0) is 10.8. The first-order chi connectivity index (χ1) is 6.46. The van der Waals surface area contributed by atoms with Gasteiger partial charge in [0, 0.05) is 13.2 Å². The van der Waals surface area contributed by atoms with E-state index in [2.05, 4.69) is 15.3 Å². The molecule has 1 heterocycles. The lowest BCUT2D eigenvalue weighted by molar-refractivity contribution is -0.141. The number of alkyl halides is 3. The molecule has 7 heteroatoms. The van der Waals surface area contributed by atoms with Gasteiger partial charge in [0.05, 0.1) is 5.56 Å². The van der Waals surface area contributed by atoms with Gasteiger partial charge in [0.15, 0.2) is 5.69 Å². The third-order valence-electron chi connectivity index (χ3n) is 1.45. The van der Waals surface area contributed by atoms with Crippen molar-refractivity contribution in [2.75, 3.05) is 7.05 Å². The molecule has 15 heavy (non-hydrogen) atoms. The summed E-state index contributed by atoms with van der Waals surface area (Å²) in [6.07, 6.45) is -3.07. The monoisotopic (exact) mass is 221 g/mol. The number of carbonyl (C=O) groups is 1. The lowest BCUT2D eigenvalue weighted by Gasteiger charge is -2.08. The Morgan fingerprint density at radius 1 is 1.47 bits per heavy atom. The zero-order valence-corrected chi connectivity index (χ0v) is 7.09. The molecule has 1 aromatic heterocycles. The van der Waals surface area contributed by atoms with Crippen LogP contribution in [-0.2, 0) is 6.18 Å². The molecule has 0 aliphatic heterocycles. The minimum absolute atomic E-state index is 0. The fourth-order valence-electron chi connectivity index (χ4n) is 0.856. The predicted octanol–water partition coefficient (Wildman–Crippen LogP) is 1.49. The third-order valence-corrected chi connectivity index (χ3v) is 1.45. The second kappa shape index (κ2) is 4.72. The van der Waals surface area contributed by atoms with E-state index in [4.69, 9.17) is 0 Å². The van der Waals surface area contributed by atoms with E-state index in [1.54, 1.807) is 0 Å². The second-order valence-electron chi connectivity index (χ2n) is 2.36. The molecule has 0 bridgehead atoms. The van der Waals surface area contributed by atoms with E-state index >= 15 is 0 Å². The average molecular weight is 221 g/mol. The molecule has 0 aliphatic rings. The molecule has 0 atom stereocenters. The molecule has 0 spiro atoms. The van der Waals surface area contributed by atoms with Gasteiger partial charge in [0.1, 0.15) is 6.33 Å². The van der Waals surface area contributed by atoms with Crippen molar-refractivity contribution in [3.8, 4) is 0 Å². The first-order valence-electron chi connectivity index (χ1n) is 3.56. The molecule has 4 nitrogen and oxygen atoms in total. The van der Waals surface area contributed by atoms with Gasteiger partial charge in [-0.1, -0.05) is 7.43 Å². The number of amides is 1. The first-order valence-corrected chi connectivity index (χ1v) is 3.56. The van der Waals surface area contributed by atoms with E-state index < -0.39 is 23.3 Å². The highest BCUT2D eigenvalue weighted by Gasteiger charge is 2.37. The topological polar surface area (TPSA) is 54.9 Å². The quantitative estimate of drug-likeness (QED) is 0.781. The highest BCUT2D eigenvalue weighted by Crippen LogP contribution is 2.29. The van der Waals surface area contributed by atoms with Gasteiger partial charge < -0.3 is 5.32 Å². The number of carbonyl (C=O) groups excluding carboxylic acids is 1. The molecule has 1 rings (SSSR count). The van der Waals surface area contributed by atoms with Crippen LogP contribution in [-0.4, -0.2) is 22.9 Å². The molecule has 0 unspecified atom stereocenters. The van der Waals surface area contributed by atoms with E-state index in [-0.39, 0.29) is 7.43 Å². The third kappa shape index (κ3) is 2.90. The SMILES string of the molecule is C.CNC(=O)c1cncnc1C(F)(F)F. The van der Waals surface area contributed by atoms with E-state index in [1.165, 1.54) is 7.05 Å². The molecular formula is C8H10F3N3O. The van der Waals surface area contributed by atoms with Crippen LogP contribution in [0.5, 0.6) is 0 Å². The number of hydrogen-bond donors (Lipinski definition) is 1. The first kappa shape index (κ1) is 13.3. The molecule has 0 radical (unpaired) electrons. The maximum atomic E-state index is 12.3. The van der Waals surface area contributed by atoms with Crippen LogP contribution in [0.4, 0.5) is 13.2 Å². The smallest absolute Gasteiger partial charge is 0.355 e. The second-order valence-corrected chi connectivity index (χ2v) is 2.36. The van der Waals surface area contributed by atoms with Gasteiger partial charge in [-0.2, -0.15) is 13.2 Å². The van der Waals surface area contributed by atoms with Gasteiger partial charge in [-0.05, 0) is 0 Å². The summed E-state index contributed by atoms with van der Waals surface area (Å²) in [4.78, 5) is 17.4. The highest BCUT2D eigenvalue weighted by atomic mass is 19.4. The molecule has 0 aromatic carbocycles. The van der Waals surface area contributed by atoms with Crippen molar-refractivity contribution in [3.63, 3.8) is 0 Å². The molecule has 1 aromatic rings. The van der Waals surface area contributed by atoms with Crippen molar-refractivity contribution in [3.05, 3.63) is 23.8 Å². The summed E-state index contributed by atoms with van der Waals surface area (Å²) >= 11 is 0. The Hall–Kier alpha value is -1.66. The minimum Gasteiger partial charge on any atom is -0.355 e. The van der Waals surface area contributed by atoms with Crippen LogP contribution in [0.2, 0.25) is 0 Å². The molecule has 0 fully saturated rings. The fourth-order valence-corrected chi connectivity index (χ4v) is 0.856. The summed E-state index contributed by atoms with van der Waals surface area (Å²) in [5.41, 5.74) is -1.81. The van der Waals surface area contributed by atoms with Gasteiger partial charge >= 0.3 is 6.18 Å². The van der Waals surface area contributed by atoms with E-state index in [0.717, 1.165) is 12.5 Å². The van der Waals surface area contributed by atoms with E-state index in [9.17, 15) is 18.0 Å². The fraction of sp³-hybridized carbons (Fsp3) is 0.375. The summed E-state index contributed by atoms with van der Waals surface area (Å²) in [6.45, 7) is 0. The van der Waals surface area contributed by atoms with Crippen molar-refractivity contribution in [1.29, 1.82) is 0 Å². The van der Waals surface area contributed by atoms with Crippen LogP contribution >= 0.6 is 0 Å². The maximum absolute atomic E-state index is 12.3. The highest BCUT2D eigenvalue weighted by molar-refractivity contribution is 5.94. The molecule has 1 N–H and O–H groups in total. The van der Waals surface area contributed by atoms with Crippen molar-refractivity contribution in [1.82, 2.24) is 15.3 Å². The van der Waals surface area contributed by atoms with Gasteiger partial charge in [0.2, 0.25) is 0 Å². The number of aromatic nitrogens is 2. The Morgan fingerprint density at radius 3 is 2.53 bits per heavy atom. The molecule has 1 amide bonds. The van der Waals surface area contributed by atoms with Gasteiger partial charge in [-0.25, -0.2) is 9.97 Å². The number of rotatable bonds is 1. The van der Waals surface area contributed by atoms with Crippen molar-refractivity contribution >= 4 is 5.91 Å². The largest absolute Gasteiger partial charge is 0.434 e. The van der Waals surface area contributed by atoms with Gasteiger partial charge in [-0.15, -0.1) is 0 Å². The van der Waals surface area contributed by atoms with Crippen LogP contribution in [0.25, 0.3) is 0 Å². The molecule has 0 saturated heterocycles. The average Bonchev–Trinajstić information content (AvgIpc) is 2.15. The van der Waals surface area contributed by atoms with Crippen LogP contribution < -0.4 is 5.32 Å². The predicted molar refractivity (Wildman–Crippen MR) is 47.2 cm³/mol.